The number of pyridine rings is 1. The summed E-state index contributed by atoms with van der Waals surface area (Å²) >= 11 is 0. The molecule has 1 aromatic rings. The minimum Gasteiger partial charge on any atom is -0.388 e. The second-order valence-corrected chi connectivity index (χ2v) is 2.17. The Hall–Kier alpha value is -1.45. The van der Waals surface area contributed by atoms with Crippen LogP contribution in [0.15, 0.2) is 12.1 Å². The number of rotatable bonds is 2. The van der Waals surface area contributed by atoms with Gasteiger partial charge in [0.25, 0.3) is 0 Å². The summed E-state index contributed by atoms with van der Waals surface area (Å²) in [6.45, 7) is 0. The molecule has 0 saturated heterocycles. The summed E-state index contributed by atoms with van der Waals surface area (Å²) < 4.78 is 0. The van der Waals surface area contributed by atoms with Crippen molar-refractivity contribution in [2.24, 2.45) is 0 Å². The minimum absolute atomic E-state index is 0.515. The van der Waals surface area contributed by atoms with E-state index in [9.17, 15) is 0 Å². The Kier molecular flexibility index (Phi) is 2.15. The van der Waals surface area contributed by atoms with Crippen LogP contribution in [0.2, 0.25) is 0 Å². The Labute approximate surface area is 65.8 Å². The normalized spacial score (nSPS) is 9.27. The molecule has 0 aliphatic rings. The first-order valence-electron chi connectivity index (χ1n) is 3.39. The molecule has 60 valence electrons. The van der Waals surface area contributed by atoms with Gasteiger partial charge in [0.15, 0.2) is 0 Å². The minimum atomic E-state index is 0.515. The lowest BCUT2D eigenvalue weighted by atomic mass is 10.3. The maximum Gasteiger partial charge on any atom is 0.130 e. The maximum atomic E-state index is 5.52. The zero-order valence-corrected chi connectivity index (χ0v) is 6.68. The molecule has 0 bridgehead atoms. The number of hydrogen-bond donors (Lipinski definition) is 3. The first-order valence-corrected chi connectivity index (χ1v) is 3.39. The Morgan fingerprint density at radius 2 is 2.00 bits per heavy atom. The predicted molar refractivity (Wildman–Crippen MR) is 47.7 cm³/mol. The van der Waals surface area contributed by atoms with Crippen LogP contribution >= 0.6 is 0 Å². The van der Waals surface area contributed by atoms with Gasteiger partial charge in [0.05, 0.1) is 0 Å². The van der Waals surface area contributed by atoms with Gasteiger partial charge in [0.2, 0.25) is 0 Å². The van der Waals surface area contributed by atoms with Crippen LogP contribution in [0.3, 0.4) is 0 Å². The first kappa shape index (κ1) is 7.65. The van der Waals surface area contributed by atoms with E-state index in [1.165, 1.54) is 0 Å². The number of anilines is 3. The van der Waals surface area contributed by atoms with Gasteiger partial charge in [0.1, 0.15) is 11.6 Å². The molecule has 0 aromatic carbocycles. The van der Waals surface area contributed by atoms with Crippen LogP contribution < -0.4 is 16.4 Å². The van der Waals surface area contributed by atoms with Gasteiger partial charge in [-0.05, 0) is 0 Å². The third-order valence-corrected chi connectivity index (χ3v) is 1.39. The number of aromatic nitrogens is 1. The first-order chi connectivity index (χ1) is 5.26. The van der Waals surface area contributed by atoms with Gasteiger partial charge < -0.3 is 16.4 Å². The van der Waals surface area contributed by atoms with Crippen molar-refractivity contribution in [3.8, 4) is 0 Å². The lowest BCUT2D eigenvalue weighted by Gasteiger charge is -2.04. The van der Waals surface area contributed by atoms with E-state index in [2.05, 4.69) is 15.6 Å². The Morgan fingerprint density at radius 3 is 2.55 bits per heavy atom. The van der Waals surface area contributed by atoms with Crippen LogP contribution in [0.25, 0.3) is 0 Å². The van der Waals surface area contributed by atoms with Crippen molar-refractivity contribution in [1.29, 1.82) is 0 Å². The fourth-order valence-corrected chi connectivity index (χ4v) is 0.824. The van der Waals surface area contributed by atoms with Crippen LogP contribution in [0.1, 0.15) is 0 Å². The van der Waals surface area contributed by atoms with E-state index in [4.69, 9.17) is 5.73 Å². The topological polar surface area (TPSA) is 63.0 Å². The molecule has 0 spiro atoms. The highest BCUT2D eigenvalue weighted by molar-refractivity contribution is 5.58. The summed E-state index contributed by atoms with van der Waals surface area (Å²) in [6.07, 6.45) is 0. The summed E-state index contributed by atoms with van der Waals surface area (Å²) in [5.41, 5.74) is 6.48. The van der Waals surface area contributed by atoms with Crippen molar-refractivity contribution in [2.75, 3.05) is 30.5 Å². The zero-order valence-electron chi connectivity index (χ0n) is 6.68. The van der Waals surface area contributed by atoms with Crippen molar-refractivity contribution < 1.29 is 0 Å². The second kappa shape index (κ2) is 3.09. The summed E-state index contributed by atoms with van der Waals surface area (Å²) in [5.74, 6) is 1.29. The molecular formula is C7H12N4. The van der Waals surface area contributed by atoms with E-state index in [1.54, 1.807) is 13.1 Å². The zero-order chi connectivity index (χ0) is 8.27. The van der Waals surface area contributed by atoms with Crippen molar-refractivity contribution in [3.05, 3.63) is 12.1 Å². The SMILES string of the molecule is CNc1cc(N)nc(NC)c1. The van der Waals surface area contributed by atoms with E-state index in [1.807, 2.05) is 13.1 Å². The molecular weight excluding hydrogens is 140 g/mol. The standard InChI is InChI=1S/C7H12N4/c1-9-5-3-6(8)11-7(4-5)10-2/h3-4H,1-2H3,(H4,8,9,10,11). The molecule has 4 nitrogen and oxygen atoms in total. The molecule has 1 heterocycles. The van der Waals surface area contributed by atoms with Gasteiger partial charge in [-0.1, -0.05) is 0 Å². The van der Waals surface area contributed by atoms with E-state index in [-0.39, 0.29) is 0 Å². The van der Waals surface area contributed by atoms with E-state index < -0.39 is 0 Å². The summed E-state index contributed by atoms with van der Waals surface area (Å²) in [4.78, 5) is 4.03. The van der Waals surface area contributed by atoms with Gasteiger partial charge in [-0.15, -0.1) is 0 Å². The highest BCUT2D eigenvalue weighted by Gasteiger charge is 1.95. The number of hydrogen-bond acceptors (Lipinski definition) is 4. The van der Waals surface area contributed by atoms with Crippen molar-refractivity contribution in [2.45, 2.75) is 0 Å². The van der Waals surface area contributed by atoms with Gasteiger partial charge in [-0.25, -0.2) is 4.98 Å². The number of nitrogens with two attached hydrogens (primary N) is 1. The fourth-order valence-electron chi connectivity index (χ4n) is 0.824. The third kappa shape index (κ3) is 1.73. The molecule has 0 aliphatic carbocycles. The van der Waals surface area contributed by atoms with Crippen molar-refractivity contribution in [3.63, 3.8) is 0 Å². The quantitative estimate of drug-likeness (QED) is 0.585. The van der Waals surface area contributed by atoms with Crippen molar-refractivity contribution >= 4 is 17.3 Å². The molecule has 4 N–H and O–H groups in total. The van der Waals surface area contributed by atoms with Gasteiger partial charge in [-0.2, -0.15) is 0 Å². The predicted octanol–water partition coefficient (Wildman–Crippen LogP) is 0.747. The molecule has 0 amide bonds. The maximum absolute atomic E-state index is 5.52. The second-order valence-electron chi connectivity index (χ2n) is 2.17. The summed E-state index contributed by atoms with van der Waals surface area (Å²) in [5, 5.41) is 5.89. The Bertz CT molecular complexity index is 224. The average molecular weight is 152 g/mol. The fraction of sp³-hybridized carbons (Fsp3) is 0.286. The Morgan fingerprint density at radius 1 is 1.27 bits per heavy atom. The number of nitrogens with zero attached hydrogens (tertiary/aromatic N) is 1. The summed E-state index contributed by atoms with van der Waals surface area (Å²) in [6, 6.07) is 3.66. The third-order valence-electron chi connectivity index (χ3n) is 1.39. The molecule has 1 rings (SSSR count). The number of nitrogens with one attached hydrogen (secondary N) is 2. The molecule has 0 fully saturated rings. The highest BCUT2D eigenvalue weighted by atomic mass is 15.0. The molecule has 0 radical (unpaired) electrons. The van der Waals surface area contributed by atoms with Crippen LogP contribution in [0.5, 0.6) is 0 Å². The van der Waals surface area contributed by atoms with Crippen LogP contribution in [0.4, 0.5) is 17.3 Å². The molecule has 4 heteroatoms. The molecule has 0 unspecified atom stereocenters. The monoisotopic (exact) mass is 152 g/mol. The largest absolute Gasteiger partial charge is 0.388 e. The van der Waals surface area contributed by atoms with E-state index >= 15 is 0 Å². The van der Waals surface area contributed by atoms with Crippen LogP contribution in [-0.4, -0.2) is 19.1 Å². The molecule has 0 aliphatic heterocycles. The van der Waals surface area contributed by atoms with Crippen molar-refractivity contribution in [1.82, 2.24) is 4.98 Å². The van der Waals surface area contributed by atoms with Gasteiger partial charge >= 0.3 is 0 Å². The lowest BCUT2D eigenvalue weighted by Crippen LogP contribution is -1.99. The molecule has 0 atom stereocenters. The van der Waals surface area contributed by atoms with Crippen LogP contribution in [0, 0.1) is 0 Å². The molecule has 1 aromatic heterocycles. The van der Waals surface area contributed by atoms with Gasteiger partial charge in [0, 0.05) is 31.9 Å². The lowest BCUT2D eigenvalue weighted by molar-refractivity contribution is 1.29. The smallest absolute Gasteiger partial charge is 0.130 e. The number of nitrogen functional groups attached to an aromatic ring is 1. The molecule has 0 saturated carbocycles. The highest BCUT2D eigenvalue weighted by Crippen LogP contribution is 2.14. The van der Waals surface area contributed by atoms with E-state index in [0.29, 0.717) is 5.82 Å². The average Bonchev–Trinajstić information content (AvgIpc) is 2.03. The summed E-state index contributed by atoms with van der Waals surface area (Å²) in [7, 11) is 3.65. The molecule has 11 heavy (non-hydrogen) atoms. The van der Waals surface area contributed by atoms with Gasteiger partial charge in [-0.3, -0.25) is 0 Å². The Balaban J connectivity index is 3.02. The van der Waals surface area contributed by atoms with E-state index in [0.717, 1.165) is 11.5 Å². The van der Waals surface area contributed by atoms with Crippen LogP contribution in [-0.2, 0) is 0 Å².